The van der Waals surface area contributed by atoms with Gasteiger partial charge in [-0.15, -0.1) is 0 Å². The lowest BCUT2D eigenvalue weighted by molar-refractivity contribution is -0.144. The molecule has 21 heavy (non-hydrogen) atoms. The fourth-order valence-corrected chi connectivity index (χ4v) is 2.20. The molecule has 0 radical (unpaired) electrons. The summed E-state index contributed by atoms with van der Waals surface area (Å²) in [5.74, 6) is -0.290. The summed E-state index contributed by atoms with van der Waals surface area (Å²) in [6, 6.07) is 5.13. The van der Waals surface area contributed by atoms with Crippen molar-refractivity contribution < 1.29 is 19.1 Å². The first kappa shape index (κ1) is 15.2. The van der Waals surface area contributed by atoms with Crippen LogP contribution in [0.25, 0.3) is 0 Å². The Labute approximate surface area is 123 Å². The predicted octanol–water partition coefficient (Wildman–Crippen LogP) is 1.73. The second-order valence-corrected chi connectivity index (χ2v) is 5.42. The van der Waals surface area contributed by atoms with E-state index in [1.807, 2.05) is 6.92 Å². The lowest BCUT2D eigenvalue weighted by atomic mass is 10.0. The average Bonchev–Trinajstić information content (AvgIpc) is 2.41. The van der Waals surface area contributed by atoms with Gasteiger partial charge in [0.05, 0.1) is 12.3 Å². The zero-order chi connectivity index (χ0) is 15.6. The molecule has 6 nitrogen and oxygen atoms in total. The molecule has 0 aliphatic carbocycles. The Bertz CT molecular complexity index is 569. The Morgan fingerprint density at radius 1 is 1.43 bits per heavy atom. The maximum atomic E-state index is 12.5. The number of para-hydroxylation sites is 1. The van der Waals surface area contributed by atoms with Crippen molar-refractivity contribution in [3.8, 4) is 5.75 Å². The molecule has 114 valence electrons. The van der Waals surface area contributed by atoms with E-state index in [0.717, 1.165) is 6.42 Å². The Balaban J connectivity index is 2.34. The molecule has 6 heteroatoms. The minimum Gasteiger partial charge on any atom is -0.476 e. The number of ether oxygens (including phenoxy) is 2. The van der Waals surface area contributed by atoms with Gasteiger partial charge in [-0.05, 0) is 32.4 Å². The molecule has 2 N–H and O–H groups in total. The van der Waals surface area contributed by atoms with E-state index in [1.54, 1.807) is 32.0 Å². The van der Waals surface area contributed by atoms with Crippen LogP contribution in [-0.4, -0.2) is 30.6 Å². The van der Waals surface area contributed by atoms with Gasteiger partial charge in [-0.3, -0.25) is 14.5 Å². The zero-order valence-electron chi connectivity index (χ0n) is 12.5. The Hall–Kier alpha value is -2.24. The number of nitrogen functional groups attached to an aromatic ring is 1. The SMILES string of the molecule is CCCOC(=O)CN1C(=O)C(C)(C)Oc2cccc(N)c21. The molecule has 0 atom stereocenters. The van der Waals surface area contributed by atoms with Gasteiger partial charge in [-0.25, -0.2) is 0 Å². The van der Waals surface area contributed by atoms with Crippen LogP contribution < -0.4 is 15.4 Å². The minimum atomic E-state index is -1.05. The highest BCUT2D eigenvalue weighted by Crippen LogP contribution is 2.41. The molecule has 0 saturated heterocycles. The summed E-state index contributed by atoms with van der Waals surface area (Å²) in [7, 11) is 0. The van der Waals surface area contributed by atoms with Crippen molar-refractivity contribution in [2.75, 3.05) is 23.8 Å². The molecule has 1 aromatic rings. The van der Waals surface area contributed by atoms with E-state index in [4.69, 9.17) is 15.2 Å². The number of nitrogens with zero attached hydrogens (tertiary/aromatic N) is 1. The van der Waals surface area contributed by atoms with Crippen molar-refractivity contribution in [2.45, 2.75) is 32.8 Å². The smallest absolute Gasteiger partial charge is 0.326 e. The summed E-state index contributed by atoms with van der Waals surface area (Å²) in [6.07, 6.45) is 0.729. The number of hydrogen-bond acceptors (Lipinski definition) is 5. The topological polar surface area (TPSA) is 81.9 Å². The number of hydrogen-bond donors (Lipinski definition) is 1. The average molecular weight is 292 g/mol. The lowest BCUT2D eigenvalue weighted by Gasteiger charge is -2.38. The second kappa shape index (κ2) is 5.63. The van der Waals surface area contributed by atoms with E-state index < -0.39 is 11.6 Å². The molecule has 0 spiro atoms. The van der Waals surface area contributed by atoms with Crippen molar-refractivity contribution >= 4 is 23.3 Å². The van der Waals surface area contributed by atoms with Gasteiger partial charge in [0, 0.05) is 0 Å². The first-order valence-corrected chi connectivity index (χ1v) is 6.92. The third kappa shape index (κ3) is 2.94. The molecule has 1 aliphatic rings. The van der Waals surface area contributed by atoms with E-state index >= 15 is 0 Å². The lowest BCUT2D eigenvalue weighted by Crippen LogP contribution is -2.54. The standard InChI is InChI=1S/C15H20N2O4/c1-4-8-20-12(18)9-17-13-10(16)6-5-7-11(13)21-15(2,3)14(17)19/h5-7H,4,8-9,16H2,1-3H3. The highest BCUT2D eigenvalue weighted by atomic mass is 16.5. The van der Waals surface area contributed by atoms with Crippen molar-refractivity contribution in [3.05, 3.63) is 18.2 Å². The van der Waals surface area contributed by atoms with Gasteiger partial charge in [-0.2, -0.15) is 0 Å². The van der Waals surface area contributed by atoms with E-state index in [-0.39, 0.29) is 12.5 Å². The van der Waals surface area contributed by atoms with Crippen LogP contribution in [0.1, 0.15) is 27.2 Å². The number of carbonyl (C=O) groups is 2. The molecular formula is C15H20N2O4. The molecular weight excluding hydrogens is 272 g/mol. The third-order valence-electron chi connectivity index (χ3n) is 3.18. The largest absolute Gasteiger partial charge is 0.476 e. The number of rotatable bonds is 4. The molecule has 1 heterocycles. The Morgan fingerprint density at radius 2 is 2.14 bits per heavy atom. The highest BCUT2D eigenvalue weighted by molar-refractivity contribution is 6.07. The van der Waals surface area contributed by atoms with Crippen LogP contribution in [0.2, 0.25) is 0 Å². The van der Waals surface area contributed by atoms with Crippen LogP contribution in [0.4, 0.5) is 11.4 Å². The van der Waals surface area contributed by atoms with Gasteiger partial charge in [0.2, 0.25) is 0 Å². The van der Waals surface area contributed by atoms with Crippen LogP contribution in [0.3, 0.4) is 0 Å². The van der Waals surface area contributed by atoms with Gasteiger partial charge >= 0.3 is 5.97 Å². The summed E-state index contributed by atoms with van der Waals surface area (Å²) in [4.78, 5) is 25.7. The molecule has 0 bridgehead atoms. The molecule has 2 rings (SSSR count). The number of benzene rings is 1. The van der Waals surface area contributed by atoms with E-state index in [2.05, 4.69) is 0 Å². The molecule has 1 amide bonds. The summed E-state index contributed by atoms with van der Waals surface area (Å²) in [6.45, 7) is 5.38. The molecule has 1 aliphatic heterocycles. The van der Waals surface area contributed by atoms with Crippen molar-refractivity contribution in [1.29, 1.82) is 0 Å². The van der Waals surface area contributed by atoms with Gasteiger partial charge < -0.3 is 15.2 Å². The summed E-state index contributed by atoms with van der Waals surface area (Å²) < 4.78 is 10.7. The van der Waals surface area contributed by atoms with Crippen molar-refractivity contribution in [1.82, 2.24) is 0 Å². The summed E-state index contributed by atoms with van der Waals surface area (Å²) in [5, 5.41) is 0. The minimum absolute atomic E-state index is 0.174. The van der Waals surface area contributed by atoms with Gasteiger partial charge in [0.1, 0.15) is 18.0 Å². The van der Waals surface area contributed by atoms with Crippen LogP contribution in [0, 0.1) is 0 Å². The normalized spacial score (nSPS) is 16.1. The van der Waals surface area contributed by atoms with Crippen LogP contribution in [0.5, 0.6) is 5.75 Å². The highest BCUT2D eigenvalue weighted by Gasteiger charge is 2.42. The molecule has 1 aromatic carbocycles. The van der Waals surface area contributed by atoms with Crippen molar-refractivity contribution in [2.24, 2.45) is 0 Å². The number of fused-ring (bicyclic) bond motifs is 1. The number of carbonyl (C=O) groups excluding carboxylic acids is 2. The predicted molar refractivity (Wildman–Crippen MR) is 79.2 cm³/mol. The fourth-order valence-electron chi connectivity index (χ4n) is 2.20. The first-order chi connectivity index (χ1) is 9.86. The molecule has 0 unspecified atom stereocenters. The zero-order valence-corrected chi connectivity index (χ0v) is 12.5. The van der Waals surface area contributed by atoms with Crippen LogP contribution in [0.15, 0.2) is 18.2 Å². The van der Waals surface area contributed by atoms with Crippen LogP contribution in [-0.2, 0) is 14.3 Å². The Morgan fingerprint density at radius 3 is 2.81 bits per heavy atom. The number of anilines is 2. The molecule has 0 fully saturated rings. The maximum Gasteiger partial charge on any atom is 0.326 e. The van der Waals surface area contributed by atoms with E-state index in [9.17, 15) is 9.59 Å². The Kier molecular flexibility index (Phi) is 4.06. The second-order valence-electron chi connectivity index (χ2n) is 5.42. The first-order valence-electron chi connectivity index (χ1n) is 6.92. The third-order valence-corrected chi connectivity index (χ3v) is 3.18. The molecule has 0 saturated carbocycles. The van der Waals surface area contributed by atoms with Crippen molar-refractivity contribution in [3.63, 3.8) is 0 Å². The number of nitrogens with two attached hydrogens (primary N) is 1. The van der Waals surface area contributed by atoms with Gasteiger partial charge in [0.15, 0.2) is 5.60 Å². The van der Waals surface area contributed by atoms with E-state index in [0.29, 0.717) is 23.7 Å². The monoisotopic (exact) mass is 292 g/mol. The number of esters is 1. The van der Waals surface area contributed by atoms with Crippen LogP contribution >= 0.6 is 0 Å². The number of amides is 1. The quantitative estimate of drug-likeness (QED) is 0.675. The van der Waals surface area contributed by atoms with Gasteiger partial charge in [0.25, 0.3) is 5.91 Å². The summed E-state index contributed by atoms with van der Waals surface area (Å²) in [5.41, 5.74) is 5.70. The summed E-state index contributed by atoms with van der Waals surface area (Å²) >= 11 is 0. The fraction of sp³-hybridized carbons (Fsp3) is 0.467. The maximum absolute atomic E-state index is 12.5. The van der Waals surface area contributed by atoms with Gasteiger partial charge in [-0.1, -0.05) is 13.0 Å². The van der Waals surface area contributed by atoms with E-state index in [1.165, 1.54) is 4.90 Å². The molecule has 0 aromatic heterocycles.